The number of carbonyl (C=O) groups excluding carboxylic acids is 1. The van der Waals surface area contributed by atoms with Crippen LogP contribution in [0.3, 0.4) is 0 Å². The Morgan fingerprint density at radius 1 is 1.03 bits per heavy atom. The molecule has 0 fully saturated rings. The fourth-order valence-electron chi connectivity index (χ4n) is 4.34. The Bertz CT molecular complexity index is 1130. The molecule has 2 aromatic carbocycles. The van der Waals surface area contributed by atoms with Crippen LogP contribution in [0.4, 0.5) is 0 Å². The molecule has 0 bridgehead atoms. The third-order valence-corrected chi connectivity index (χ3v) is 6.07. The number of benzene rings is 2. The Balaban J connectivity index is 1.77. The lowest BCUT2D eigenvalue weighted by atomic mass is 9.98. The van der Waals surface area contributed by atoms with E-state index in [1.54, 1.807) is 30.2 Å². The van der Waals surface area contributed by atoms with Gasteiger partial charge < -0.3 is 19.0 Å². The second kappa shape index (κ2) is 8.94. The van der Waals surface area contributed by atoms with Crippen molar-refractivity contribution in [2.45, 2.75) is 26.3 Å². The first-order valence-corrected chi connectivity index (χ1v) is 10.8. The number of fused-ring (bicyclic) bond motifs is 2. The van der Waals surface area contributed by atoms with Crippen LogP contribution in [0.2, 0.25) is 0 Å². The van der Waals surface area contributed by atoms with Crippen molar-refractivity contribution >= 4 is 16.9 Å². The summed E-state index contributed by atoms with van der Waals surface area (Å²) in [4.78, 5) is 30.9. The number of hydrogen-bond acceptors (Lipinski definition) is 5. The molecule has 3 aromatic rings. The fourth-order valence-corrected chi connectivity index (χ4v) is 4.34. The van der Waals surface area contributed by atoms with Crippen LogP contribution in [0, 0.1) is 0 Å². The standard InChI is InChI=1S/C25H28N2O4/c1-4-26(5-2)15-8-16-27-22(17-11-13-18(30-3)14-12-17)21-23(28)19-9-6-7-10-20(19)31-24(21)25(27)29/h6-7,9-14,22H,4-5,8,15-16H2,1-3H3. The summed E-state index contributed by atoms with van der Waals surface area (Å²) in [7, 11) is 1.61. The number of rotatable bonds is 8. The number of amides is 1. The summed E-state index contributed by atoms with van der Waals surface area (Å²) in [6, 6.07) is 14.2. The summed E-state index contributed by atoms with van der Waals surface area (Å²) in [5, 5.41) is 0.498. The molecule has 1 aromatic heterocycles. The van der Waals surface area contributed by atoms with Crippen LogP contribution in [-0.4, -0.2) is 49.0 Å². The molecule has 1 aliphatic heterocycles. The summed E-state index contributed by atoms with van der Waals surface area (Å²) in [6.45, 7) is 7.65. The van der Waals surface area contributed by atoms with Crippen LogP contribution in [0.15, 0.2) is 57.7 Å². The molecule has 0 N–H and O–H groups in total. The SMILES string of the molecule is CCN(CC)CCCN1C(=O)c2oc3ccccc3c(=O)c2C1c1ccc(OC)cc1. The Morgan fingerprint density at radius 3 is 2.42 bits per heavy atom. The zero-order valence-corrected chi connectivity index (χ0v) is 18.3. The van der Waals surface area contributed by atoms with E-state index in [2.05, 4.69) is 18.7 Å². The normalized spacial score (nSPS) is 15.7. The minimum absolute atomic E-state index is 0.141. The highest BCUT2D eigenvalue weighted by Crippen LogP contribution is 2.38. The summed E-state index contributed by atoms with van der Waals surface area (Å²) in [5.41, 5.74) is 1.60. The van der Waals surface area contributed by atoms with Gasteiger partial charge in [0.15, 0.2) is 5.43 Å². The average molecular weight is 421 g/mol. The van der Waals surface area contributed by atoms with E-state index in [0.717, 1.165) is 37.4 Å². The first kappa shape index (κ1) is 21.1. The number of carbonyl (C=O) groups is 1. The Labute approximate surface area is 182 Å². The quantitative estimate of drug-likeness (QED) is 0.550. The van der Waals surface area contributed by atoms with E-state index in [-0.39, 0.29) is 17.1 Å². The van der Waals surface area contributed by atoms with Crippen molar-refractivity contribution in [1.82, 2.24) is 9.80 Å². The molecule has 0 spiro atoms. The van der Waals surface area contributed by atoms with E-state index in [1.807, 2.05) is 30.3 Å². The van der Waals surface area contributed by atoms with Crippen molar-refractivity contribution in [3.63, 3.8) is 0 Å². The predicted octanol–water partition coefficient (Wildman–Crippen LogP) is 4.08. The molecule has 6 nitrogen and oxygen atoms in total. The van der Waals surface area contributed by atoms with Gasteiger partial charge in [0, 0.05) is 6.54 Å². The Morgan fingerprint density at radius 2 is 1.74 bits per heavy atom. The monoisotopic (exact) mass is 420 g/mol. The summed E-state index contributed by atoms with van der Waals surface area (Å²) in [5.74, 6) is 0.664. The third-order valence-electron chi connectivity index (χ3n) is 6.07. The molecule has 6 heteroatoms. The van der Waals surface area contributed by atoms with E-state index in [9.17, 15) is 9.59 Å². The minimum Gasteiger partial charge on any atom is -0.497 e. The van der Waals surface area contributed by atoms with E-state index < -0.39 is 6.04 Å². The molecule has 1 atom stereocenters. The molecule has 1 unspecified atom stereocenters. The van der Waals surface area contributed by atoms with Gasteiger partial charge in [-0.15, -0.1) is 0 Å². The topological polar surface area (TPSA) is 63.0 Å². The Kier molecular flexibility index (Phi) is 6.09. The third kappa shape index (κ3) is 3.83. The van der Waals surface area contributed by atoms with E-state index in [1.165, 1.54) is 0 Å². The van der Waals surface area contributed by atoms with Gasteiger partial charge in [0.1, 0.15) is 11.3 Å². The van der Waals surface area contributed by atoms with Gasteiger partial charge >= 0.3 is 0 Å². The minimum atomic E-state index is -0.467. The highest BCUT2D eigenvalue weighted by atomic mass is 16.5. The first-order valence-electron chi connectivity index (χ1n) is 10.8. The molecule has 31 heavy (non-hydrogen) atoms. The molecule has 1 aliphatic rings. The lowest BCUT2D eigenvalue weighted by Gasteiger charge is -2.26. The van der Waals surface area contributed by atoms with Crippen molar-refractivity contribution in [2.24, 2.45) is 0 Å². The van der Waals surface area contributed by atoms with Gasteiger partial charge in [-0.2, -0.15) is 0 Å². The lowest BCUT2D eigenvalue weighted by molar-refractivity contribution is 0.0720. The van der Waals surface area contributed by atoms with Gasteiger partial charge in [0.2, 0.25) is 5.76 Å². The molecule has 162 valence electrons. The van der Waals surface area contributed by atoms with Crippen LogP contribution in [0.25, 0.3) is 11.0 Å². The fraction of sp³-hybridized carbons (Fsp3) is 0.360. The number of para-hydroxylation sites is 1. The zero-order chi connectivity index (χ0) is 22.0. The summed E-state index contributed by atoms with van der Waals surface area (Å²) < 4.78 is 11.2. The first-order chi connectivity index (χ1) is 15.1. The number of hydrogen-bond donors (Lipinski definition) is 0. The number of ether oxygens (including phenoxy) is 1. The van der Waals surface area contributed by atoms with Crippen molar-refractivity contribution in [2.75, 3.05) is 33.3 Å². The van der Waals surface area contributed by atoms with Crippen LogP contribution >= 0.6 is 0 Å². The van der Waals surface area contributed by atoms with Crippen molar-refractivity contribution in [3.05, 3.63) is 75.6 Å². The molecule has 2 heterocycles. The van der Waals surface area contributed by atoms with Crippen LogP contribution in [0.5, 0.6) is 5.75 Å². The summed E-state index contributed by atoms with van der Waals surface area (Å²) >= 11 is 0. The lowest BCUT2D eigenvalue weighted by Crippen LogP contribution is -2.33. The van der Waals surface area contributed by atoms with Crippen molar-refractivity contribution in [3.8, 4) is 5.75 Å². The maximum atomic E-state index is 13.4. The van der Waals surface area contributed by atoms with Gasteiger partial charge in [0.25, 0.3) is 5.91 Å². The van der Waals surface area contributed by atoms with Crippen LogP contribution in [-0.2, 0) is 0 Å². The highest BCUT2D eigenvalue weighted by molar-refractivity contribution is 5.99. The zero-order valence-electron chi connectivity index (χ0n) is 18.3. The van der Waals surface area contributed by atoms with Gasteiger partial charge in [-0.05, 0) is 55.9 Å². The van der Waals surface area contributed by atoms with Crippen LogP contribution < -0.4 is 10.2 Å². The molecule has 4 rings (SSSR count). The maximum absolute atomic E-state index is 13.4. The summed E-state index contributed by atoms with van der Waals surface area (Å²) in [6.07, 6.45) is 0.821. The van der Waals surface area contributed by atoms with E-state index in [0.29, 0.717) is 23.1 Å². The van der Waals surface area contributed by atoms with Gasteiger partial charge in [-0.25, -0.2) is 0 Å². The number of nitrogens with zero attached hydrogens (tertiary/aromatic N) is 2. The molecular weight excluding hydrogens is 392 g/mol. The number of methoxy groups -OCH3 is 1. The largest absolute Gasteiger partial charge is 0.497 e. The second-order valence-corrected chi connectivity index (χ2v) is 7.72. The Hall–Kier alpha value is -3.12. The van der Waals surface area contributed by atoms with Crippen molar-refractivity contribution < 1.29 is 13.9 Å². The van der Waals surface area contributed by atoms with Gasteiger partial charge in [-0.1, -0.05) is 38.1 Å². The predicted molar refractivity (Wildman–Crippen MR) is 121 cm³/mol. The molecule has 0 radical (unpaired) electrons. The van der Waals surface area contributed by atoms with Crippen LogP contribution in [0.1, 0.15) is 48.0 Å². The van der Waals surface area contributed by atoms with Gasteiger partial charge in [0.05, 0.1) is 24.1 Å². The highest BCUT2D eigenvalue weighted by Gasteiger charge is 2.42. The smallest absolute Gasteiger partial charge is 0.290 e. The molecule has 1 amide bonds. The molecule has 0 aliphatic carbocycles. The van der Waals surface area contributed by atoms with Gasteiger partial charge in [-0.3, -0.25) is 9.59 Å². The van der Waals surface area contributed by atoms with E-state index in [4.69, 9.17) is 9.15 Å². The van der Waals surface area contributed by atoms with E-state index >= 15 is 0 Å². The van der Waals surface area contributed by atoms with Crippen molar-refractivity contribution in [1.29, 1.82) is 0 Å². The molecule has 0 saturated carbocycles. The average Bonchev–Trinajstić information content (AvgIpc) is 3.09. The molecule has 0 saturated heterocycles. The molecular formula is C25H28N2O4. The second-order valence-electron chi connectivity index (χ2n) is 7.72. The maximum Gasteiger partial charge on any atom is 0.290 e.